The summed E-state index contributed by atoms with van der Waals surface area (Å²) in [5, 5.41) is 2.78. The van der Waals surface area contributed by atoms with Crippen molar-refractivity contribution in [1.82, 2.24) is 9.55 Å². The van der Waals surface area contributed by atoms with Gasteiger partial charge >= 0.3 is 0 Å². The molecule has 1 aliphatic rings. The van der Waals surface area contributed by atoms with Crippen LogP contribution in [0.2, 0.25) is 0 Å². The van der Waals surface area contributed by atoms with Gasteiger partial charge in [0.25, 0.3) is 0 Å². The smallest absolute Gasteiger partial charge is 0.222 e. The van der Waals surface area contributed by atoms with Gasteiger partial charge in [0.15, 0.2) is 5.78 Å². The molecule has 0 radical (unpaired) electrons. The van der Waals surface area contributed by atoms with Gasteiger partial charge in [0.1, 0.15) is 5.82 Å². The average Bonchev–Trinajstić information content (AvgIpc) is 3.00. The lowest BCUT2D eigenvalue weighted by Gasteiger charge is -2.30. The van der Waals surface area contributed by atoms with Crippen LogP contribution in [0.25, 0.3) is 11.3 Å². The number of ketones is 1. The van der Waals surface area contributed by atoms with Gasteiger partial charge in [-0.1, -0.05) is 44.2 Å². The molecule has 0 saturated carbocycles. The van der Waals surface area contributed by atoms with E-state index in [1.54, 1.807) is 6.20 Å². The highest BCUT2D eigenvalue weighted by Crippen LogP contribution is 2.42. The molecule has 0 atom stereocenters. The minimum Gasteiger partial charge on any atom is -0.344 e. The number of pyridine rings is 1. The van der Waals surface area contributed by atoms with E-state index in [4.69, 9.17) is 0 Å². The average molecular weight is 416 g/mol. The van der Waals surface area contributed by atoms with Crippen molar-refractivity contribution in [3.63, 3.8) is 0 Å². The zero-order chi connectivity index (χ0) is 22.2. The van der Waals surface area contributed by atoms with Gasteiger partial charge in [-0.25, -0.2) is 4.98 Å². The number of nitrogens with one attached hydrogen (secondary N) is 1. The van der Waals surface area contributed by atoms with Crippen LogP contribution in [0.3, 0.4) is 0 Å². The Morgan fingerprint density at radius 2 is 1.90 bits per heavy atom. The summed E-state index contributed by atoms with van der Waals surface area (Å²) < 4.78 is 2.29. The number of amides is 1. The highest BCUT2D eigenvalue weighted by molar-refractivity contribution is 6.02. The highest BCUT2D eigenvalue weighted by atomic mass is 16.1. The molecule has 1 amide bonds. The van der Waals surface area contributed by atoms with Crippen molar-refractivity contribution in [2.24, 2.45) is 5.41 Å². The highest BCUT2D eigenvalue weighted by Gasteiger charge is 2.37. The summed E-state index contributed by atoms with van der Waals surface area (Å²) in [4.78, 5) is 29.2. The number of nitrogens with zero attached hydrogens (tertiary/aromatic N) is 2. The van der Waals surface area contributed by atoms with E-state index in [1.165, 1.54) is 12.5 Å². The molecule has 31 heavy (non-hydrogen) atoms. The predicted octanol–water partition coefficient (Wildman–Crippen LogP) is 5.27. The van der Waals surface area contributed by atoms with Gasteiger partial charge in [0.2, 0.25) is 5.91 Å². The van der Waals surface area contributed by atoms with E-state index in [-0.39, 0.29) is 17.1 Å². The number of hydrogen-bond acceptors (Lipinski definition) is 3. The van der Waals surface area contributed by atoms with E-state index in [1.807, 2.05) is 30.3 Å². The maximum atomic E-state index is 13.4. The first-order valence-corrected chi connectivity index (χ1v) is 10.8. The van der Waals surface area contributed by atoms with Crippen LogP contribution in [0.4, 0.5) is 5.82 Å². The topological polar surface area (TPSA) is 64.0 Å². The van der Waals surface area contributed by atoms with Gasteiger partial charge in [-0.3, -0.25) is 9.59 Å². The fraction of sp³-hybridized carbons (Fsp3) is 0.346. The fourth-order valence-electron chi connectivity index (χ4n) is 4.75. The first kappa shape index (κ1) is 21.0. The van der Waals surface area contributed by atoms with Crippen LogP contribution in [0.1, 0.15) is 61.3 Å². The lowest BCUT2D eigenvalue weighted by atomic mass is 9.75. The minimum absolute atomic E-state index is 0.0593. The Bertz CT molecular complexity index is 1140. The summed E-state index contributed by atoms with van der Waals surface area (Å²) in [6.07, 6.45) is 3.83. The summed E-state index contributed by atoms with van der Waals surface area (Å²) in [7, 11) is 0. The quantitative estimate of drug-likeness (QED) is 0.617. The first-order valence-electron chi connectivity index (χ1n) is 10.8. The van der Waals surface area contributed by atoms with Crippen molar-refractivity contribution in [3.05, 3.63) is 71.0 Å². The molecule has 0 spiro atoms. The third-order valence-electron chi connectivity index (χ3n) is 5.91. The molecule has 0 aliphatic heterocycles. The van der Waals surface area contributed by atoms with Gasteiger partial charge < -0.3 is 9.88 Å². The summed E-state index contributed by atoms with van der Waals surface area (Å²) in [6, 6.07) is 14.1. The predicted molar refractivity (Wildman–Crippen MR) is 123 cm³/mol. The lowest BCUT2D eigenvalue weighted by Crippen LogP contribution is -2.28. The maximum absolute atomic E-state index is 13.4. The van der Waals surface area contributed by atoms with E-state index < -0.39 is 0 Å². The molecule has 5 nitrogen and oxygen atoms in total. The van der Waals surface area contributed by atoms with E-state index in [0.29, 0.717) is 18.7 Å². The molecule has 2 aromatic heterocycles. The van der Waals surface area contributed by atoms with Gasteiger partial charge in [0.05, 0.1) is 5.69 Å². The third kappa shape index (κ3) is 4.18. The second kappa shape index (κ2) is 8.14. The SMILES string of the molecule is CCn1c2c(c(Cc3ccccc3)c1-c1ccnc(NC(C)=O)c1)C(=O)CC(C)(C)C2. The summed E-state index contributed by atoms with van der Waals surface area (Å²) in [5.41, 5.74) is 6.22. The number of rotatable bonds is 5. The molecular weight excluding hydrogens is 386 g/mol. The van der Waals surface area contributed by atoms with Crippen LogP contribution < -0.4 is 5.32 Å². The van der Waals surface area contributed by atoms with Crippen LogP contribution in [0, 0.1) is 5.41 Å². The van der Waals surface area contributed by atoms with Gasteiger partial charge in [-0.05, 0) is 42.0 Å². The zero-order valence-electron chi connectivity index (χ0n) is 18.7. The van der Waals surface area contributed by atoms with Crippen molar-refractivity contribution in [3.8, 4) is 11.3 Å². The Morgan fingerprint density at radius 3 is 2.58 bits per heavy atom. The normalized spacial score (nSPS) is 14.9. The van der Waals surface area contributed by atoms with Crippen molar-refractivity contribution in [2.45, 2.75) is 53.5 Å². The maximum Gasteiger partial charge on any atom is 0.222 e. The molecule has 1 aromatic carbocycles. The Morgan fingerprint density at radius 1 is 1.16 bits per heavy atom. The molecule has 0 unspecified atom stereocenters. The van der Waals surface area contributed by atoms with Crippen LogP contribution >= 0.6 is 0 Å². The Kier molecular flexibility index (Phi) is 5.52. The molecule has 0 saturated heterocycles. The van der Waals surface area contributed by atoms with Crippen molar-refractivity contribution in [1.29, 1.82) is 0 Å². The van der Waals surface area contributed by atoms with Gasteiger partial charge in [-0.15, -0.1) is 0 Å². The molecule has 4 rings (SSSR count). The van der Waals surface area contributed by atoms with Crippen molar-refractivity contribution >= 4 is 17.5 Å². The molecule has 0 fully saturated rings. The molecule has 5 heteroatoms. The standard InChI is InChI=1S/C26H29N3O2/c1-5-29-21-15-26(3,4)16-22(31)24(21)20(13-18-9-7-6-8-10-18)25(29)19-11-12-27-23(14-19)28-17(2)30/h6-12,14H,5,13,15-16H2,1-4H3,(H,27,28,30). The summed E-state index contributed by atoms with van der Waals surface area (Å²) >= 11 is 0. The molecule has 1 aliphatic carbocycles. The summed E-state index contributed by atoms with van der Waals surface area (Å²) in [6.45, 7) is 8.70. The van der Waals surface area contributed by atoms with E-state index in [9.17, 15) is 9.59 Å². The minimum atomic E-state index is -0.156. The molecule has 0 bridgehead atoms. The number of Topliss-reactive ketones (excluding diaryl/α,β-unsaturated/α-hetero) is 1. The fourth-order valence-corrected chi connectivity index (χ4v) is 4.75. The molecule has 1 N–H and O–H groups in total. The van der Waals surface area contributed by atoms with E-state index >= 15 is 0 Å². The molecule has 3 aromatic rings. The number of fused-ring (bicyclic) bond motifs is 1. The first-order chi connectivity index (χ1) is 14.8. The van der Waals surface area contributed by atoms with E-state index in [0.717, 1.165) is 41.0 Å². The van der Waals surface area contributed by atoms with Gasteiger partial charge in [0, 0.05) is 49.3 Å². The van der Waals surface area contributed by atoms with Crippen LogP contribution in [0.15, 0.2) is 48.7 Å². The van der Waals surface area contributed by atoms with Crippen molar-refractivity contribution in [2.75, 3.05) is 5.32 Å². The van der Waals surface area contributed by atoms with Crippen molar-refractivity contribution < 1.29 is 9.59 Å². The van der Waals surface area contributed by atoms with Crippen LogP contribution in [-0.4, -0.2) is 21.2 Å². The largest absolute Gasteiger partial charge is 0.344 e. The molecular formula is C26H29N3O2. The third-order valence-corrected chi connectivity index (χ3v) is 5.91. The lowest BCUT2D eigenvalue weighted by molar-refractivity contribution is -0.114. The second-order valence-corrected chi connectivity index (χ2v) is 9.11. The second-order valence-electron chi connectivity index (χ2n) is 9.11. The van der Waals surface area contributed by atoms with Crippen LogP contribution in [0.5, 0.6) is 0 Å². The Hall–Kier alpha value is -3.21. The summed E-state index contributed by atoms with van der Waals surface area (Å²) in [5.74, 6) is 0.585. The number of hydrogen-bond donors (Lipinski definition) is 1. The number of carbonyl (C=O) groups is 2. The number of anilines is 1. The molecule has 160 valence electrons. The number of carbonyl (C=O) groups excluding carboxylic acids is 2. The Labute approximate surface area is 183 Å². The van der Waals surface area contributed by atoms with Gasteiger partial charge in [-0.2, -0.15) is 0 Å². The molecule has 2 heterocycles. The number of benzene rings is 1. The van der Waals surface area contributed by atoms with E-state index in [2.05, 4.69) is 47.8 Å². The Balaban J connectivity index is 1.95. The monoisotopic (exact) mass is 415 g/mol. The zero-order valence-corrected chi connectivity index (χ0v) is 18.7. The van der Waals surface area contributed by atoms with Crippen LogP contribution in [-0.2, 0) is 24.2 Å². The number of aromatic nitrogens is 2.